The van der Waals surface area contributed by atoms with Crippen LogP contribution in [0.15, 0.2) is 97.1 Å². The Kier molecular flexibility index (Phi) is 8.15. The van der Waals surface area contributed by atoms with E-state index < -0.39 is 53.6 Å². The van der Waals surface area contributed by atoms with Crippen molar-refractivity contribution < 1.29 is 33.8 Å². The molecule has 3 aromatic rings. The Hall–Kier alpha value is -4.80. The van der Waals surface area contributed by atoms with Gasteiger partial charge in [0, 0.05) is 18.7 Å². The van der Waals surface area contributed by atoms with E-state index in [1.54, 1.807) is 30.1 Å². The van der Waals surface area contributed by atoms with Crippen LogP contribution in [0.2, 0.25) is 0 Å². The zero-order chi connectivity index (χ0) is 32.7. The van der Waals surface area contributed by atoms with Crippen molar-refractivity contribution in [1.29, 1.82) is 0 Å². The number of hydrogen-bond acceptors (Lipinski definition) is 7. The first-order valence-corrected chi connectivity index (χ1v) is 16.1. The summed E-state index contributed by atoms with van der Waals surface area (Å²) >= 11 is 0. The second-order valence-electron chi connectivity index (χ2n) is 12.6. The summed E-state index contributed by atoms with van der Waals surface area (Å²) in [4.78, 5) is 59.1. The Balaban J connectivity index is 1.31. The average molecular weight is 636 g/mol. The van der Waals surface area contributed by atoms with Gasteiger partial charge in [-0.15, -0.1) is 0 Å². The van der Waals surface area contributed by atoms with Gasteiger partial charge in [-0.05, 0) is 41.8 Å². The molecule has 0 radical (unpaired) electrons. The van der Waals surface area contributed by atoms with Crippen LogP contribution in [0, 0.1) is 11.8 Å². The highest BCUT2D eigenvalue weighted by molar-refractivity contribution is 6.06. The van der Waals surface area contributed by atoms with Crippen LogP contribution in [0.1, 0.15) is 31.4 Å². The van der Waals surface area contributed by atoms with Gasteiger partial charge in [0.2, 0.25) is 11.8 Å². The van der Waals surface area contributed by atoms with Crippen LogP contribution in [0.25, 0.3) is 10.8 Å². The van der Waals surface area contributed by atoms with E-state index in [-0.39, 0.29) is 37.9 Å². The Morgan fingerprint density at radius 1 is 0.957 bits per heavy atom. The lowest BCUT2D eigenvalue weighted by Crippen LogP contribution is -2.57. The fraction of sp³-hybridized carbons (Fsp3) is 0.351. The lowest BCUT2D eigenvalue weighted by Gasteiger charge is -2.37. The summed E-state index contributed by atoms with van der Waals surface area (Å²) in [6.45, 7) is 1.59. The molecule has 0 aromatic heterocycles. The van der Waals surface area contributed by atoms with Gasteiger partial charge in [-0.25, -0.2) is 0 Å². The normalized spacial score (nSPS) is 30.7. The zero-order valence-electron chi connectivity index (χ0n) is 26.0. The van der Waals surface area contributed by atoms with Gasteiger partial charge in [0.1, 0.15) is 23.7 Å². The summed E-state index contributed by atoms with van der Waals surface area (Å²) in [7, 11) is 0. The number of rotatable bonds is 4. The van der Waals surface area contributed by atoms with E-state index in [0.717, 1.165) is 10.8 Å². The lowest BCUT2D eigenvalue weighted by molar-refractivity contribution is -0.160. The number of aliphatic hydroxyl groups excluding tert-OH is 1. The van der Waals surface area contributed by atoms with E-state index in [1.807, 2.05) is 78.9 Å². The molecule has 3 amide bonds. The SMILES string of the molecule is C[C@H](CO)N1C(=O)[C@H]2[C@@H]3C(=O)O[C@@H](c4ccccc4)CNC(=O)CC/C=C\[C@@H]3O[C@]23C=CCN(c2ccc4ccccc4c2)C(=O)[C@H]13. The standard InChI is InChI=1S/C37H37N3O7/c1-23(22-41)40-33-35(44)39(27-17-16-24-10-5-6-13-26(24)20-27)19-9-18-37(33)32(34(40)43)31-28(47-37)14-7-8-15-30(42)38-21-29(46-36(31)45)25-11-3-2-4-12-25/h2-7,9-14,16-18,20,23,28-29,31-33,41H,8,15,19,21-22H2,1H3,(H,38,42)/b14-7-/t23-,28+,29-,31-,32-,33+,37-/m1/s1. The van der Waals surface area contributed by atoms with E-state index in [0.29, 0.717) is 17.7 Å². The molecule has 7 rings (SSSR count). The maximum absolute atomic E-state index is 14.7. The maximum atomic E-state index is 14.7. The highest BCUT2D eigenvalue weighted by Crippen LogP contribution is 2.54. The number of nitrogens with one attached hydrogen (secondary N) is 1. The largest absolute Gasteiger partial charge is 0.455 e. The molecule has 1 spiro atoms. The molecule has 0 unspecified atom stereocenters. The third-order valence-electron chi connectivity index (χ3n) is 9.77. The van der Waals surface area contributed by atoms with E-state index in [1.165, 1.54) is 4.90 Å². The summed E-state index contributed by atoms with van der Waals surface area (Å²) in [5, 5.41) is 15.1. The number of nitrogens with zero attached hydrogens (tertiary/aromatic N) is 2. The zero-order valence-corrected chi connectivity index (χ0v) is 26.0. The number of amides is 3. The first-order valence-electron chi connectivity index (χ1n) is 16.1. The number of cyclic esters (lactones) is 1. The summed E-state index contributed by atoms with van der Waals surface area (Å²) in [5.74, 6) is -3.83. The summed E-state index contributed by atoms with van der Waals surface area (Å²) in [5.41, 5.74) is -0.145. The van der Waals surface area contributed by atoms with Gasteiger partial charge in [0.05, 0.1) is 31.2 Å². The van der Waals surface area contributed by atoms with E-state index in [4.69, 9.17) is 9.47 Å². The van der Waals surface area contributed by atoms with Crippen LogP contribution in [0.5, 0.6) is 0 Å². The van der Waals surface area contributed by atoms with E-state index in [9.17, 15) is 24.3 Å². The lowest BCUT2D eigenvalue weighted by atomic mass is 9.78. The summed E-state index contributed by atoms with van der Waals surface area (Å²) in [6.07, 6.45) is 5.98. The van der Waals surface area contributed by atoms with Gasteiger partial charge < -0.3 is 29.7 Å². The molecule has 10 heteroatoms. The maximum Gasteiger partial charge on any atom is 0.313 e. The Morgan fingerprint density at radius 2 is 1.72 bits per heavy atom. The summed E-state index contributed by atoms with van der Waals surface area (Å²) in [6, 6.07) is 20.9. The van der Waals surface area contributed by atoms with Gasteiger partial charge >= 0.3 is 5.97 Å². The van der Waals surface area contributed by atoms with Crippen molar-refractivity contribution in [2.24, 2.45) is 11.8 Å². The highest BCUT2D eigenvalue weighted by Gasteiger charge is 2.72. The van der Waals surface area contributed by atoms with Gasteiger partial charge in [0.15, 0.2) is 0 Å². The number of carbonyl (C=O) groups is 4. The summed E-state index contributed by atoms with van der Waals surface area (Å²) < 4.78 is 12.9. The minimum atomic E-state index is -1.50. The van der Waals surface area contributed by atoms with Crippen molar-refractivity contribution >= 4 is 40.2 Å². The van der Waals surface area contributed by atoms with Crippen molar-refractivity contribution in [2.75, 3.05) is 24.6 Å². The molecule has 7 atom stereocenters. The van der Waals surface area contributed by atoms with Gasteiger partial charge in [-0.1, -0.05) is 85.0 Å². The predicted octanol–water partition coefficient (Wildman–Crippen LogP) is 3.45. The molecule has 4 aliphatic rings. The fourth-order valence-corrected chi connectivity index (χ4v) is 7.48. The number of benzene rings is 3. The number of ether oxygens (including phenoxy) is 2. The molecule has 0 bridgehead atoms. The number of esters is 1. The number of fused-ring (bicyclic) bond motifs is 3. The molecule has 3 aromatic carbocycles. The topological polar surface area (TPSA) is 125 Å². The molecule has 2 N–H and O–H groups in total. The molecule has 2 saturated heterocycles. The second-order valence-corrected chi connectivity index (χ2v) is 12.6. The highest BCUT2D eigenvalue weighted by atomic mass is 16.6. The van der Waals surface area contributed by atoms with Gasteiger partial charge in [0.25, 0.3) is 5.91 Å². The number of allylic oxidation sites excluding steroid dienone is 1. The van der Waals surface area contributed by atoms with Crippen molar-refractivity contribution in [2.45, 2.75) is 49.7 Å². The van der Waals surface area contributed by atoms with Crippen LogP contribution in [0.3, 0.4) is 0 Å². The molecule has 10 nitrogen and oxygen atoms in total. The Morgan fingerprint density at radius 3 is 2.51 bits per heavy atom. The minimum Gasteiger partial charge on any atom is -0.455 e. The van der Waals surface area contributed by atoms with Crippen molar-refractivity contribution in [3.63, 3.8) is 0 Å². The molecule has 0 aliphatic carbocycles. The predicted molar refractivity (Wildman–Crippen MR) is 174 cm³/mol. The Labute approximate surface area is 272 Å². The van der Waals surface area contributed by atoms with E-state index >= 15 is 0 Å². The minimum absolute atomic E-state index is 0.0652. The van der Waals surface area contributed by atoms with Gasteiger partial charge in [-0.3, -0.25) is 19.2 Å². The van der Waals surface area contributed by atoms with E-state index in [2.05, 4.69) is 5.32 Å². The Bertz CT molecular complexity index is 1770. The third kappa shape index (κ3) is 5.31. The second kappa shape index (κ2) is 12.4. The number of aliphatic hydroxyl groups is 1. The molecule has 4 heterocycles. The molecule has 2 fully saturated rings. The first kappa shape index (κ1) is 30.8. The monoisotopic (exact) mass is 635 g/mol. The fourth-order valence-electron chi connectivity index (χ4n) is 7.48. The van der Waals surface area contributed by atoms with Crippen molar-refractivity contribution in [1.82, 2.24) is 10.2 Å². The van der Waals surface area contributed by atoms with Crippen LogP contribution in [-0.4, -0.2) is 77.2 Å². The quantitative estimate of drug-likeness (QED) is 0.332. The molecule has 47 heavy (non-hydrogen) atoms. The van der Waals surface area contributed by atoms with Gasteiger partial charge in [-0.2, -0.15) is 0 Å². The molecule has 242 valence electrons. The number of carbonyl (C=O) groups excluding carboxylic acids is 4. The number of hydrogen-bond donors (Lipinski definition) is 2. The first-order chi connectivity index (χ1) is 22.8. The van der Waals surface area contributed by atoms with Crippen LogP contribution in [0.4, 0.5) is 5.69 Å². The third-order valence-corrected chi connectivity index (χ3v) is 9.77. The molecular weight excluding hydrogens is 598 g/mol. The van der Waals surface area contributed by atoms with Crippen LogP contribution < -0.4 is 10.2 Å². The molecule has 4 aliphatic heterocycles. The van der Waals surface area contributed by atoms with Crippen molar-refractivity contribution in [3.05, 3.63) is 103 Å². The number of likely N-dealkylation sites (tertiary alicyclic amines) is 1. The molecule has 0 saturated carbocycles. The molecular formula is C37H37N3O7. The van der Waals surface area contributed by atoms with Crippen molar-refractivity contribution in [3.8, 4) is 0 Å². The average Bonchev–Trinajstić information content (AvgIpc) is 3.48. The smallest absolute Gasteiger partial charge is 0.313 e. The van der Waals surface area contributed by atoms with Crippen LogP contribution in [-0.2, 0) is 28.7 Å². The number of anilines is 1. The van der Waals surface area contributed by atoms with Crippen LogP contribution >= 0.6 is 0 Å².